The second-order valence-corrected chi connectivity index (χ2v) is 7.25. The summed E-state index contributed by atoms with van der Waals surface area (Å²) in [5.74, 6) is 0.709. The molecule has 0 saturated carbocycles. The molecule has 0 unspecified atom stereocenters. The van der Waals surface area contributed by atoms with Crippen LogP contribution in [0.3, 0.4) is 0 Å². The van der Waals surface area contributed by atoms with Crippen LogP contribution in [0.1, 0.15) is 22.1 Å². The van der Waals surface area contributed by atoms with Gasteiger partial charge in [0.2, 0.25) is 0 Å². The summed E-state index contributed by atoms with van der Waals surface area (Å²) in [7, 11) is 1.62. The molecule has 1 aromatic heterocycles. The lowest BCUT2D eigenvalue weighted by atomic mass is 10.0. The van der Waals surface area contributed by atoms with Crippen LogP contribution >= 0.6 is 22.9 Å². The zero-order chi connectivity index (χ0) is 16.8. The maximum atomic E-state index is 10.7. The van der Waals surface area contributed by atoms with Crippen LogP contribution in [0.4, 0.5) is 0 Å². The van der Waals surface area contributed by atoms with Crippen molar-refractivity contribution in [1.29, 1.82) is 0 Å². The van der Waals surface area contributed by atoms with Crippen LogP contribution in [0.25, 0.3) is 0 Å². The van der Waals surface area contributed by atoms with E-state index < -0.39 is 6.10 Å². The number of methoxy groups -OCH3 is 1. The summed E-state index contributed by atoms with van der Waals surface area (Å²) in [6.07, 6.45) is 1.22. The van der Waals surface area contributed by atoms with Crippen molar-refractivity contribution >= 4 is 22.9 Å². The zero-order valence-corrected chi connectivity index (χ0v) is 15.0. The Morgan fingerprint density at radius 2 is 2.17 bits per heavy atom. The standard InChI is InChI=1S/C18H22ClNO2S/c1-4-9-20(11-14-6-8-18(19)23-14)12-16(21)15-10-13(2)5-7-17(15)22-3/h4-8,10,16,21H,1,9,11-12H2,2-3H3/t16-/m1/s1. The van der Waals surface area contributed by atoms with Gasteiger partial charge >= 0.3 is 0 Å². The van der Waals surface area contributed by atoms with Crippen LogP contribution in [-0.4, -0.2) is 30.2 Å². The summed E-state index contributed by atoms with van der Waals surface area (Å²) in [4.78, 5) is 3.31. The van der Waals surface area contributed by atoms with Crippen molar-refractivity contribution < 1.29 is 9.84 Å². The van der Waals surface area contributed by atoms with Gasteiger partial charge in [-0.05, 0) is 31.2 Å². The molecule has 23 heavy (non-hydrogen) atoms. The number of aliphatic hydroxyl groups is 1. The fraction of sp³-hybridized carbons (Fsp3) is 0.333. The van der Waals surface area contributed by atoms with Gasteiger partial charge in [0.15, 0.2) is 0 Å². The first-order valence-electron chi connectivity index (χ1n) is 7.43. The predicted octanol–water partition coefficient (Wildman–Crippen LogP) is 4.44. The third kappa shape index (κ3) is 5.08. The first kappa shape index (κ1) is 18.0. The molecule has 0 aliphatic carbocycles. The van der Waals surface area contributed by atoms with Gasteiger partial charge in [-0.15, -0.1) is 17.9 Å². The zero-order valence-electron chi connectivity index (χ0n) is 13.5. The summed E-state index contributed by atoms with van der Waals surface area (Å²) >= 11 is 7.55. The van der Waals surface area contributed by atoms with Gasteiger partial charge in [0.05, 0.1) is 17.6 Å². The van der Waals surface area contributed by atoms with Gasteiger partial charge in [-0.2, -0.15) is 0 Å². The van der Waals surface area contributed by atoms with E-state index in [1.807, 2.05) is 43.3 Å². The summed E-state index contributed by atoms with van der Waals surface area (Å²) in [6.45, 7) is 7.74. The number of hydrogen-bond donors (Lipinski definition) is 1. The maximum absolute atomic E-state index is 10.7. The minimum absolute atomic E-state index is 0.501. The lowest BCUT2D eigenvalue weighted by Gasteiger charge is -2.24. The second kappa shape index (κ2) is 8.50. The first-order valence-corrected chi connectivity index (χ1v) is 8.63. The normalized spacial score (nSPS) is 12.4. The lowest BCUT2D eigenvalue weighted by molar-refractivity contribution is 0.114. The fourth-order valence-corrected chi connectivity index (χ4v) is 3.63. The molecule has 2 rings (SSSR count). The van der Waals surface area contributed by atoms with E-state index in [-0.39, 0.29) is 0 Å². The highest BCUT2D eigenvalue weighted by Crippen LogP contribution is 2.28. The molecule has 5 heteroatoms. The number of hydrogen-bond acceptors (Lipinski definition) is 4. The molecule has 0 aliphatic rings. The second-order valence-electron chi connectivity index (χ2n) is 5.45. The third-order valence-electron chi connectivity index (χ3n) is 3.57. The van der Waals surface area contributed by atoms with Crippen LogP contribution in [-0.2, 0) is 6.54 Å². The summed E-state index contributed by atoms with van der Waals surface area (Å²) in [5.41, 5.74) is 1.91. The number of aliphatic hydroxyl groups excluding tert-OH is 1. The molecule has 0 aliphatic heterocycles. The van der Waals surface area contributed by atoms with Gasteiger partial charge in [0.1, 0.15) is 5.75 Å². The molecule has 1 atom stereocenters. The van der Waals surface area contributed by atoms with E-state index in [4.69, 9.17) is 16.3 Å². The van der Waals surface area contributed by atoms with Gasteiger partial charge in [0.25, 0.3) is 0 Å². The molecule has 0 fully saturated rings. The molecule has 1 heterocycles. The van der Waals surface area contributed by atoms with E-state index >= 15 is 0 Å². The number of ether oxygens (including phenoxy) is 1. The van der Waals surface area contributed by atoms with Crippen molar-refractivity contribution in [3.63, 3.8) is 0 Å². The fourth-order valence-electron chi connectivity index (χ4n) is 2.50. The molecule has 0 bridgehead atoms. The third-order valence-corrected chi connectivity index (χ3v) is 4.79. The minimum Gasteiger partial charge on any atom is -0.496 e. The maximum Gasteiger partial charge on any atom is 0.124 e. The number of thiophene rings is 1. The topological polar surface area (TPSA) is 32.7 Å². The smallest absolute Gasteiger partial charge is 0.124 e. The Balaban J connectivity index is 2.12. The van der Waals surface area contributed by atoms with E-state index in [1.165, 1.54) is 4.88 Å². The van der Waals surface area contributed by atoms with Crippen molar-refractivity contribution in [3.05, 3.63) is 63.3 Å². The molecule has 1 N–H and O–H groups in total. The molecular formula is C18H22ClNO2S. The van der Waals surface area contributed by atoms with Crippen molar-refractivity contribution in [2.75, 3.05) is 20.2 Å². The summed E-state index contributed by atoms with van der Waals surface area (Å²) in [5, 5.41) is 10.7. The Hall–Kier alpha value is -1.33. The number of halogens is 1. The van der Waals surface area contributed by atoms with Gasteiger partial charge in [-0.1, -0.05) is 29.3 Å². The van der Waals surface area contributed by atoms with Gasteiger partial charge in [-0.25, -0.2) is 0 Å². The minimum atomic E-state index is -0.625. The molecule has 2 aromatic rings. The Kier molecular flexibility index (Phi) is 6.66. The predicted molar refractivity (Wildman–Crippen MR) is 97.5 cm³/mol. The van der Waals surface area contributed by atoms with Crippen LogP contribution < -0.4 is 4.74 Å². The number of aryl methyl sites for hydroxylation is 1. The van der Waals surface area contributed by atoms with E-state index in [1.54, 1.807) is 18.4 Å². The Morgan fingerprint density at radius 1 is 1.39 bits per heavy atom. The van der Waals surface area contributed by atoms with E-state index in [0.29, 0.717) is 18.8 Å². The van der Waals surface area contributed by atoms with Crippen LogP contribution in [0.5, 0.6) is 5.75 Å². The number of benzene rings is 1. The average Bonchev–Trinajstić information content (AvgIpc) is 2.92. The Bertz CT molecular complexity index is 656. The molecule has 1 aromatic carbocycles. The van der Waals surface area contributed by atoms with Crippen LogP contribution in [0.2, 0.25) is 4.34 Å². The Labute approximate surface area is 146 Å². The quantitative estimate of drug-likeness (QED) is 0.713. The molecule has 0 saturated heterocycles. The van der Waals surface area contributed by atoms with E-state index in [9.17, 15) is 5.11 Å². The van der Waals surface area contributed by atoms with Crippen molar-refractivity contribution in [3.8, 4) is 5.75 Å². The monoisotopic (exact) mass is 351 g/mol. The summed E-state index contributed by atoms with van der Waals surface area (Å²) < 4.78 is 6.15. The number of nitrogens with zero attached hydrogens (tertiary/aromatic N) is 1. The Morgan fingerprint density at radius 3 is 2.78 bits per heavy atom. The average molecular weight is 352 g/mol. The lowest BCUT2D eigenvalue weighted by Crippen LogP contribution is -2.28. The van der Waals surface area contributed by atoms with E-state index in [0.717, 1.165) is 22.0 Å². The van der Waals surface area contributed by atoms with E-state index in [2.05, 4.69) is 11.5 Å². The SMILES string of the molecule is C=CCN(Cc1ccc(Cl)s1)C[C@@H](O)c1cc(C)ccc1OC. The number of rotatable bonds is 8. The van der Waals surface area contributed by atoms with Gasteiger partial charge in [0, 0.05) is 30.1 Å². The largest absolute Gasteiger partial charge is 0.496 e. The molecule has 124 valence electrons. The first-order chi connectivity index (χ1) is 11.0. The molecule has 0 radical (unpaired) electrons. The van der Waals surface area contributed by atoms with Crippen LogP contribution in [0.15, 0.2) is 43.0 Å². The van der Waals surface area contributed by atoms with Gasteiger partial charge < -0.3 is 9.84 Å². The highest BCUT2D eigenvalue weighted by molar-refractivity contribution is 7.16. The highest BCUT2D eigenvalue weighted by Gasteiger charge is 2.17. The van der Waals surface area contributed by atoms with Crippen LogP contribution in [0, 0.1) is 6.92 Å². The summed E-state index contributed by atoms with van der Waals surface area (Å²) in [6, 6.07) is 9.75. The molecule has 0 spiro atoms. The molecule has 3 nitrogen and oxygen atoms in total. The van der Waals surface area contributed by atoms with Crippen molar-refractivity contribution in [2.45, 2.75) is 19.6 Å². The van der Waals surface area contributed by atoms with Crippen molar-refractivity contribution in [2.24, 2.45) is 0 Å². The molecule has 0 amide bonds. The van der Waals surface area contributed by atoms with Crippen molar-refractivity contribution in [1.82, 2.24) is 4.90 Å². The highest BCUT2D eigenvalue weighted by atomic mass is 35.5. The van der Waals surface area contributed by atoms with Gasteiger partial charge in [-0.3, -0.25) is 4.90 Å². The molecular weight excluding hydrogens is 330 g/mol.